The van der Waals surface area contributed by atoms with Crippen LogP contribution in [0.3, 0.4) is 0 Å². The zero-order valence-electron chi connectivity index (χ0n) is 16.2. The van der Waals surface area contributed by atoms with Gasteiger partial charge >= 0.3 is 0 Å². The van der Waals surface area contributed by atoms with E-state index in [-0.39, 0.29) is 45.1 Å². The fourth-order valence-corrected chi connectivity index (χ4v) is 3.28. The lowest BCUT2D eigenvalue weighted by molar-refractivity contribution is -0.116. The van der Waals surface area contributed by atoms with Gasteiger partial charge in [0.05, 0.1) is 30.9 Å². The fraction of sp³-hybridized carbons (Fsp3) is 0.227. The van der Waals surface area contributed by atoms with Gasteiger partial charge in [-0.05, 0) is 25.5 Å². The molecule has 0 fully saturated rings. The number of ether oxygens (including phenoxy) is 2. The summed E-state index contributed by atoms with van der Waals surface area (Å²) in [5.74, 6) is -1.48. The third kappa shape index (κ3) is 3.47. The number of allylic oxidation sites excluding steroid dienone is 1. The van der Waals surface area contributed by atoms with Crippen LogP contribution in [0.1, 0.15) is 57.2 Å². The zero-order valence-corrected chi connectivity index (χ0v) is 16.2. The molecule has 0 radical (unpaired) electrons. The summed E-state index contributed by atoms with van der Waals surface area (Å²) in [7, 11) is 2.79. The third-order valence-electron chi connectivity index (χ3n) is 4.74. The van der Waals surface area contributed by atoms with E-state index in [4.69, 9.17) is 9.47 Å². The van der Waals surface area contributed by atoms with Crippen molar-refractivity contribution in [2.75, 3.05) is 14.2 Å². The number of carbonyl (C=O) groups excluding carboxylic acids is 3. The minimum atomic E-state index is -0.593. The summed E-state index contributed by atoms with van der Waals surface area (Å²) in [4.78, 5) is 37.2. The van der Waals surface area contributed by atoms with Gasteiger partial charge in [0.2, 0.25) is 5.78 Å². The Bertz CT molecular complexity index is 1060. The summed E-state index contributed by atoms with van der Waals surface area (Å²) in [5.41, 5.74) is -0.200. The first-order chi connectivity index (χ1) is 13.8. The second kappa shape index (κ2) is 7.79. The molecule has 150 valence electrons. The van der Waals surface area contributed by atoms with Crippen molar-refractivity contribution in [3.63, 3.8) is 0 Å². The Balaban J connectivity index is 2.15. The Kier molecular flexibility index (Phi) is 5.41. The number of hydrogen-bond donors (Lipinski definition) is 2. The van der Waals surface area contributed by atoms with E-state index in [0.717, 1.165) is 6.07 Å². The normalized spacial score (nSPS) is 12.7. The van der Waals surface area contributed by atoms with Crippen molar-refractivity contribution >= 4 is 23.4 Å². The zero-order chi connectivity index (χ0) is 21.3. The quantitative estimate of drug-likeness (QED) is 0.658. The van der Waals surface area contributed by atoms with Gasteiger partial charge in [-0.25, -0.2) is 0 Å². The molecule has 3 rings (SSSR count). The number of rotatable bonds is 6. The minimum Gasteiger partial charge on any atom is -0.507 e. The summed E-state index contributed by atoms with van der Waals surface area (Å²) in [6, 6.07) is 4.06. The average Bonchev–Trinajstić information content (AvgIpc) is 2.69. The Labute approximate surface area is 167 Å². The van der Waals surface area contributed by atoms with Gasteiger partial charge in [0, 0.05) is 23.6 Å². The predicted molar refractivity (Wildman–Crippen MR) is 105 cm³/mol. The van der Waals surface area contributed by atoms with E-state index in [2.05, 4.69) is 0 Å². The molecule has 0 amide bonds. The molecule has 7 nitrogen and oxygen atoms in total. The summed E-state index contributed by atoms with van der Waals surface area (Å²) in [6.45, 7) is 1.46. The number of phenolic OH excluding ortho intramolecular Hbond substituents is 2. The highest BCUT2D eigenvalue weighted by molar-refractivity contribution is 6.30. The predicted octanol–water partition coefficient (Wildman–Crippen LogP) is 3.27. The van der Waals surface area contributed by atoms with Crippen molar-refractivity contribution in [3.8, 4) is 23.0 Å². The molecule has 0 bridgehead atoms. The lowest BCUT2D eigenvalue weighted by atomic mass is 9.81. The van der Waals surface area contributed by atoms with Crippen molar-refractivity contribution in [3.05, 3.63) is 52.1 Å². The number of phenols is 2. The Morgan fingerprint density at radius 2 is 1.69 bits per heavy atom. The molecule has 0 spiro atoms. The minimum absolute atomic E-state index is 0.00406. The molecule has 2 aromatic carbocycles. The van der Waals surface area contributed by atoms with Gasteiger partial charge < -0.3 is 24.5 Å². The second-order valence-corrected chi connectivity index (χ2v) is 6.63. The third-order valence-corrected chi connectivity index (χ3v) is 4.74. The fourth-order valence-electron chi connectivity index (χ4n) is 3.28. The van der Waals surface area contributed by atoms with Crippen LogP contribution in [0.15, 0.2) is 24.3 Å². The number of Topliss-reactive ketones (excluding diaryl/α,β-unsaturated/α-hetero) is 1. The van der Waals surface area contributed by atoms with Crippen LogP contribution in [0.5, 0.6) is 23.0 Å². The van der Waals surface area contributed by atoms with Crippen LogP contribution in [-0.4, -0.2) is 41.8 Å². The molecule has 2 aromatic rings. The molecule has 0 heterocycles. The van der Waals surface area contributed by atoms with E-state index in [0.29, 0.717) is 18.6 Å². The molecule has 0 unspecified atom stereocenters. The molecule has 2 N–H and O–H groups in total. The second-order valence-electron chi connectivity index (χ2n) is 6.63. The van der Waals surface area contributed by atoms with Crippen molar-refractivity contribution in [2.24, 2.45) is 0 Å². The SMILES string of the molecule is COc1cc(OC)c2c(c1)C(=O)c1cc(O)c(/C=C/CCC(C)=O)c(O)c1C2=O. The lowest BCUT2D eigenvalue weighted by Gasteiger charge is -2.22. The molecule has 0 atom stereocenters. The first-order valence-corrected chi connectivity index (χ1v) is 8.90. The van der Waals surface area contributed by atoms with Gasteiger partial charge in [-0.2, -0.15) is 0 Å². The number of hydrogen-bond acceptors (Lipinski definition) is 7. The van der Waals surface area contributed by atoms with Gasteiger partial charge in [-0.1, -0.05) is 12.2 Å². The molecule has 29 heavy (non-hydrogen) atoms. The summed E-state index contributed by atoms with van der Waals surface area (Å²) in [6.07, 6.45) is 3.75. The lowest BCUT2D eigenvalue weighted by Crippen LogP contribution is -2.22. The maximum Gasteiger partial charge on any atom is 0.202 e. The highest BCUT2D eigenvalue weighted by Gasteiger charge is 2.36. The van der Waals surface area contributed by atoms with Crippen LogP contribution in [0.2, 0.25) is 0 Å². The molecule has 1 aliphatic carbocycles. The van der Waals surface area contributed by atoms with Crippen LogP contribution in [0.4, 0.5) is 0 Å². The van der Waals surface area contributed by atoms with Crippen LogP contribution < -0.4 is 9.47 Å². The standard InChI is InChI=1S/C22H20O7/c1-11(23)6-4-5-7-13-16(24)10-15-19(21(13)26)22(27)18-14(20(15)25)8-12(28-2)9-17(18)29-3/h5,7-10,24,26H,4,6H2,1-3H3/b7-5+. The van der Waals surface area contributed by atoms with Crippen molar-refractivity contribution < 1.29 is 34.1 Å². The van der Waals surface area contributed by atoms with Gasteiger partial charge in [0.15, 0.2) is 5.78 Å². The van der Waals surface area contributed by atoms with Crippen LogP contribution >= 0.6 is 0 Å². The topological polar surface area (TPSA) is 110 Å². The van der Waals surface area contributed by atoms with Gasteiger partial charge in [0.1, 0.15) is 28.8 Å². The highest BCUT2D eigenvalue weighted by atomic mass is 16.5. The summed E-state index contributed by atoms with van der Waals surface area (Å²) in [5, 5.41) is 21.0. The number of ketones is 3. The largest absolute Gasteiger partial charge is 0.507 e. The van der Waals surface area contributed by atoms with E-state index < -0.39 is 17.3 Å². The van der Waals surface area contributed by atoms with Gasteiger partial charge in [0.25, 0.3) is 0 Å². The smallest absolute Gasteiger partial charge is 0.202 e. The number of carbonyl (C=O) groups is 3. The molecule has 0 saturated heterocycles. The first kappa shape index (κ1) is 20.1. The molecule has 1 aliphatic rings. The van der Waals surface area contributed by atoms with Crippen molar-refractivity contribution in [1.29, 1.82) is 0 Å². The molecule has 0 aliphatic heterocycles. The van der Waals surface area contributed by atoms with E-state index in [1.54, 1.807) is 6.08 Å². The van der Waals surface area contributed by atoms with Crippen LogP contribution in [0, 0.1) is 0 Å². The molecule has 0 saturated carbocycles. The average molecular weight is 396 g/mol. The summed E-state index contributed by atoms with van der Waals surface area (Å²) < 4.78 is 10.4. The Hall–Kier alpha value is -3.61. The monoisotopic (exact) mass is 396 g/mol. The molecular formula is C22H20O7. The van der Waals surface area contributed by atoms with E-state index in [1.807, 2.05) is 0 Å². The van der Waals surface area contributed by atoms with E-state index in [9.17, 15) is 24.6 Å². The number of fused-ring (bicyclic) bond motifs is 2. The number of benzene rings is 2. The Morgan fingerprint density at radius 1 is 1.00 bits per heavy atom. The molecule has 0 aromatic heterocycles. The van der Waals surface area contributed by atoms with Crippen molar-refractivity contribution in [1.82, 2.24) is 0 Å². The highest BCUT2D eigenvalue weighted by Crippen LogP contribution is 2.43. The maximum atomic E-state index is 13.2. The molecule has 7 heteroatoms. The van der Waals surface area contributed by atoms with E-state index >= 15 is 0 Å². The van der Waals surface area contributed by atoms with Crippen LogP contribution in [-0.2, 0) is 4.79 Å². The molecular weight excluding hydrogens is 376 g/mol. The summed E-state index contributed by atoms with van der Waals surface area (Å²) >= 11 is 0. The number of aromatic hydroxyl groups is 2. The number of methoxy groups -OCH3 is 2. The van der Waals surface area contributed by atoms with E-state index in [1.165, 1.54) is 39.4 Å². The van der Waals surface area contributed by atoms with Crippen LogP contribution in [0.25, 0.3) is 6.08 Å². The maximum absolute atomic E-state index is 13.2. The van der Waals surface area contributed by atoms with Crippen molar-refractivity contribution in [2.45, 2.75) is 19.8 Å². The van der Waals surface area contributed by atoms with Gasteiger partial charge in [-0.3, -0.25) is 9.59 Å². The Morgan fingerprint density at radius 3 is 2.31 bits per heavy atom. The first-order valence-electron chi connectivity index (χ1n) is 8.90. The van der Waals surface area contributed by atoms with Gasteiger partial charge in [-0.15, -0.1) is 0 Å².